The molecule has 2 aromatic heterocycles. The van der Waals surface area contributed by atoms with Crippen molar-refractivity contribution in [3.63, 3.8) is 0 Å². The van der Waals surface area contributed by atoms with Gasteiger partial charge < -0.3 is 4.74 Å². The first-order chi connectivity index (χ1) is 9.15. The third-order valence-corrected chi connectivity index (χ3v) is 3.02. The van der Waals surface area contributed by atoms with E-state index < -0.39 is 5.82 Å². The van der Waals surface area contributed by atoms with Gasteiger partial charge in [0.05, 0.1) is 10.4 Å². The van der Waals surface area contributed by atoms with Crippen molar-refractivity contribution in [2.75, 3.05) is 0 Å². The summed E-state index contributed by atoms with van der Waals surface area (Å²) < 4.78 is 18.9. The molecule has 3 aromatic rings. The minimum absolute atomic E-state index is 0.259. The zero-order chi connectivity index (χ0) is 13.4. The zero-order valence-corrected chi connectivity index (χ0v) is 10.7. The molecule has 19 heavy (non-hydrogen) atoms. The molecule has 0 aliphatic heterocycles. The zero-order valence-electron chi connectivity index (χ0n) is 9.95. The van der Waals surface area contributed by atoms with Gasteiger partial charge in [-0.3, -0.25) is 5.10 Å². The number of pyridine rings is 1. The Morgan fingerprint density at radius 3 is 2.95 bits per heavy atom. The number of hydrogen-bond acceptors (Lipinski definition) is 3. The fourth-order valence-electron chi connectivity index (χ4n) is 1.82. The molecule has 6 heteroatoms. The monoisotopic (exact) mass is 277 g/mol. The number of ether oxygens (including phenoxy) is 1. The van der Waals surface area contributed by atoms with Crippen molar-refractivity contribution in [1.82, 2.24) is 15.2 Å². The molecule has 0 atom stereocenters. The first-order valence-electron chi connectivity index (χ1n) is 5.58. The molecule has 2 heterocycles. The number of fused-ring (bicyclic) bond motifs is 1. The second-order valence-corrected chi connectivity index (χ2v) is 4.44. The highest BCUT2D eigenvalue weighted by molar-refractivity contribution is 6.32. The van der Waals surface area contributed by atoms with Crippen LogP contribution in [0.25, 0.3) is 11.0 Å². The number of aromatic amines is 1. The van der Waals surface area contributed by atoms with Crippen LogP contribution in [-0.4, -0.2) is 15.2 Å². The Kier molecular flexibility index (Phi) is 2.83. The summed E-state index contributed by atoms with van der Waals surface area (Å²) in [5.41, 5.74) is 1.37. The average Bonchev–Trinajstić information content (AvgIpc) is 2.77. The molecule has 3 rings (SSSR count). The van der Waals surface area contributed by atoms with E-state index in [2.05, 4.69) is 15.2 Å². The minimum atomic E-state index is -0.409. The van der Waals surface area contributed by atoms with E-state index in [4.69, 9.17) is 16.3 Å². The number of benzene rings is 1. The van der Waals surface area contributed by atoms with E-state index in [1.165, 1.54) is 18.2 Å². The quantitative estimate of drug-likeness (QED) is 0.774. The molecule has 0 unspecified atom stereocenters. The Bertz CT molecular complexity index is 757. The van der Waals surface area contributed by atoms with Crippen LogP contribution in [0.2, 0.25) is 5.02 Å². The Balaban J connectivity index is 2.10. The molecule has 0 saturated carbocycles. The molecule has 0 spiro atoms. The SMILES string of the molecule is Cc1[nH]nc2nccc(Oc3cc(F)ccc3Cl)c12. The van der Waals surface area contributed by atoms with Gasteiger partial charge in [0.1, 0.15) is 17.3 Å². The molecule has 0 aliphatic rings. The van der Waals surface area contributed by atoms with E-state index in [1.807, 2.05) is 6.92 Å². The summed E-state index contributed by atoms with van der Waals surface area (Å²) in [5, 5.41) is 7.96. The van der Waals surface area contributed by atoms with Crippen LogP contribution in [0.15, 0.2) is 30.5 Å². The van der Waals surface area contributed by atoms with Crippen molar-refractivity contribution < 1.29 is 9.13 Å². The highest BCUT2D eigenvalue weighted by Gasteiger charge is 2.12. The van der Waals surface area contributed by atoms with Crippen molar-refractivity contribution >= 4 is 22.6 Å². The lowest BCUT2D eigenvalue weighted by molar-refractivity contribution is 0.482. The molecule has 0 bridgehead atoms. The lowest BCUT2D eigenvalue weighted by Crippen LogP contribution is -1.89. The molecule has 1 N–H and O–H groups in total. The molecule has 0 aliphatic carbocycles. The lowest BCUT2D eigenvalue weighted by Gasteiger charge is -2.08. The fourth-order valence-corrected chi connectivity index (χ4v) is 1.98. The number of hydrogen-bond donors (Lipinski definition) is 1. The van der Waals surface area contributed by atoms with Gasteiger partial charge in [0.2, 0.25) is 0 Å². The van der Waals surface area contributed by atoms with Gasteiger partial charge >= 0.3 is 0 Å². The molecule has 96 valence electrons. The van der Waals surface area contributed by atoms with Gasteiger partial charge in [-0.05, 0) is 25.1 Å². The van der Waals surface area contributed by atoms with Crippen LogP contribution in [0.4, 0.5) is 4.39 Å². The smallest absolute Gasteiger partial charge is 0.184 e. The second kappa shape index (κ2) is 4.51. The molecule has 1 aromatic carbocycles. The normalized spacial score (nSPS) is 10.9. The van der Waals surface area contributed by atoms with Gasteiger partial charge in [0.25, 0.3) is 0 Å². The largest absolute Gasteiger partial charge is 0.455 e. The standard InChI is InChI=1S/C13H9ClFN3O/c1-7-12-10(4-5-16-13(12)18-17-7)19-11-6-8(15)2-3-9(11)14/h2-6H,1H3,(H,16,17,18). The van der Waals surface area contributed by atoms with Gasteiger partial charge in [-0.2, -0.15) is 5.10 Å². The summed E-state index contributed by atoms with van der Waals surface area (Å²) in [5.74, 6) is 0.382. The number of rotatable bonds is 2. The number of nitrogens with zero attached hydrogens (tertiary/aromatic N) is 2. The van der Waals surface area contributed by atoms with E-state index in [1.54, 1.807) is 12.3 Å². The number of nitrogens with one attached hydrogen (secondary N) is 1. The van der Waals surface area contributed by atoms with Crippen molar-refractivity contribution in [2.45, 2.75) is 6.92 Å². The van der Waals surface area contributed by atoms with Crippen LogP contribution in [0, 0.1) is 12.7 Å². The molecule has 0 radical (unpaired) electrons. The third kappa shape index (κ3) is 2.13. The summed E-state index contributed by atoms with van der Waals surface area (Å²) in [4.78, 5) is 4.11. The van der Waals surface area contributed by atoms with E-state index in [9.17, 15) is 4.39 Å². The molecule has 0 amide bonds. The number of halogens is 2. The second-order valence-electron chi connectivity index (χ2n) is 4.03. The van der Waals surface area contributed by atoms with Crippen molar-refractivity contribution in [1.29, 1.82) is 0 Å². The topological polar surface area (TPSA) is 50.8 Å². The lowest BCUT2D eigenvalue weighted by atomic mass is 10.2. The van der Waals surface area contributed by atoms with Gasteiger partial charge in [-0.1, -0.05) is 11.6 Å². The van der Waals surface area contributed by atoms with Gasteiger partial charge in [0, 0.05) is 18.0 Å². The molecule has 0 saturated heterocycles. The summed E-state index contributed by atoms with van der Waals surface area (Å²) in [6.07, 6.45) is 1.57. The maximum atomic E-state index is 13.2. The first kappa shape index (κ1) is 11.9. The van der Waals surface area contributed by atoms with Gasteiger partial charge in [-0.25, -0.2) is 9.37 Å². The molecule has 4 nitrogen and oxygen atoms in total. The minimum Gasteiger partial charge on any atom is -0.455 e. The van der Waals surface area contributed by atoms with E-state index in [0.717, 1.165) is 11.1 Å². The maximum absolute atomic E-state index is 13.2. The maximum Gasteiger partial charge on any atom is 0.184 e. The summed E-state index contributed by atoms with van der Waals surface area (Å²) in [6.45, 7) is 1.86. The van der Waals surface area contributed by atoms with Crippen molar-refractivity contribution in [3.8, 4) is 11.5 Å². The summed E-state index contributed by atoms with van der Waals surface area (Å²) >= 11 is 5.98. The molecular formula is C13H9ClFN3O. The Hall–Kier alpha value is -2.14. The number of H-pyrrole nitrogens is 1. The van der Waals surface area contributed by atoms with Gasteiger partial charge in [0.15, 0.2) is 5.65 Å². The average molecular weight is 278 g/mol. The fraction of sp³-hybridized carbons (Fsp3) is 0.0769. The Morgan fingerprint density at radius 2 is 2.11 bits per heavy atom. The van der Waals surface area contributed by atoms with Crippen LogP contribution in [0.3, 0.4) is 0 Å². The highest BCUT2D eigenvalue weighted by Crippen LogP contribution is 2.34. The van der Waals surface area contributed by atoms with E-state index in [0.29, 0.717) is 16.4 Å². The number of aryl methyl sites for hydroxylation is 1. The predicted molar refractivity (Wildman–Crippen MR) is 70.1 cm³/mol. The van der Waals surface area contributed by atoms with Crippen LogP contribution in [0.1, 0.15) is 5.69 Å². The highest BCUT2D eigenvalue weighted by atomic mass is 35.5. The molecular weight excluding hydrogens is 269 g/mol. The van der Waals surface area contributed by atoms with E-state index >= 15 is 0 Å². The predicted octanol–water partition coefficient (Wildman–Crippen LogP) is 3.85. The first-order valence-corrected chi connectivity index (χ1v) is 5.95. The number of aromatic nitrogens is 3. The van der Waals surface area contributed by atoms with E-state index in [-0.39, 0.29) is 5.75 Å². The van der Waals surface area contributed by atoms with Crippen molar-refractivity contribution in [2.24, 2.45) is 0 Å². The van der Waals surface area contributed by atoms with Crippen LogP contribution < -0.4 is 4.74 Å². The molecule has 0 fully saturated rings. The van der Waals surface area contributed by atoms with Crippen LogP contribution in [0.5, 0.6) is 11.5 Å². The van der Waals surface area contributed by atoms with Crippen LogP contribution >= 0.6 is 11.6 Å². The van der Waals surface area contributed by atoms with Crippen LogP contribution in [-0.2, 0) is 0 Å². The third-order valence-electron chi connectivity index (χ3n) is 2.71. The summed E-state index contributed by atoms with van der Waals surface area (Å²) in [7, 11) is 0. The van der Waals surface area contributed by atoms with Gasteiger partial charge in [-0.15, -0.1) is 0 Å². The Morgan fingerprint density at radius 1 is 1.26 bits per heavy atom. The van der Waals surface area contributed by atoms with Crippen molar-refractivity contribution in [3.05, 3.63) is 47.0 Å². The summed E-state index contributed by atoms with van der Waals surface area (Å²) in [6, 6.07) is 5.66. The Labute approximate surface area is 113 Å².